The summed E-state index contributed by atoms with van der Waals surface area (Å²) in [5.74, 6) is -2.35. The molecular weight excluding hydrogens is 422 g/mol. The lowest BCUT2D eigenvalue weighted by atomic mass is 10.2. The van der Waals surface area contributed by atoms with Gasteiger partial charge in [0.25, 0.3) is 5.91 Å². The molecule has 2 aromatic rings. The molecule has 144 valence electrons. The average molecular weight is 440 g/mol. The number of nitrogens with one attached hydrogen (secondary N) is 1. The minimum Gasteiger partial charge on any atom is -0.497 e. The Labute approximate surface area is 163 Å². The van der Waals surface area contributed by atoms with Gasteiger partial charge in [0.15, 0.2) is 6.61 Å². The summed E-state index contributed by atoms with van der Waals surface area (Å²) in [6.07, 6.45) is 0. The van der Waals surface area contributed by atoms with E-state index in [0.29, 0.717) is 12.3 Å². The molecule has 2 rings (SSSR count). The van der Waals surface area contributed by atoms with Crippen LogP contribution in [0, 0.1) is 0 Å². The molecule has 0 spiro atoms. The molecule has 0 aromatic heterocycles. The third kappa shape index (κ3) is 9.26. The zero-order valence-electron chi connectivity index (χ0n) is 14.3. The molecule has 3 N–H and O–H groups in total. The molecule has 0 saturated carbocycles. The van der Waals surface area contributed by atoms with Gasteiger partial charge in [0.05, 0.1) is 7.11 Å². The molecule has 2 aromatic carbocycles. The zero-order valence-corrected chi connectivity index (χ0v) is 15.9. The molecule has 9 heteroatoms. The van der Waals surface area contributed by atoms with E-state index in [2.05, 4.69) is 21.2 Å². The molecular formula is C18H18BrNO7. The Morgan fingerprint density at radius 1 is 0.926 bits per heavy atom. The summed E-state index contributed by atoms with van der Waals surface area (Å²) in [5.41, 5.74) is 1.01. The second-order valence-corrected chi connectivity index (χ2v) is 5.89. The first-order valence-corrected chi connectivity index (χ1v) is 8.35. The van der Waals surface area contributed by atoms with E-state index in [1.54, 1.807) is 19.2 Å². The van der Waals surface area contributed by atoms with Crippen molar-refractivity contribution in [3.63, 3.8) is 0 Å². The first-order chi connectivity index (χ1) is 12.8. The lowest BCUT2D eigenvalue weighted by molar-refractivity contribution is -0.159. The topological polar surface area (TPSA) is 122 Å². The fraction of sp³-hybridized carbons (Fsp3) is 0.167. The van der Waals surface area contributed by atoms with Gasteiger partial charge in [0, 0.05) is 11.0 Å². The van der Waals surface area contributed by atoms with E-state index in [4.69, 9.17) is 29.3 Å². The third-order valence-corrected chi connectivity index (χ3v) is 3.54. The van der Waals surface area contributed by atoms with Gasteiger partial charge in [-0.05, 0) is 42.0 Å². The lowest BCUT2D eigenvalue weighted by Gasteiger charge is -2.08. The van der Waals surface area contributed by atoms with E-state index in [-0.39, 0.29) is 12.5 Å². The van der Waals surface area contributed by atoms with Crippen LogP contribution in [0.5, 0.6) is 11.5 Å². The van der Waals surface area contributed by atoms with Crippen molar-refractivity contribution >= 4 is 33.8 Å². The lowest BCUT2D eigenvalue weighted by Crippen LogP contribution is -2.28. The van der Waals surface area contributed by atoms with Crippen LogP contribution in [0.1, 0.15) is 5.56 Å². The van der Waals surface area contributed by atoms with Crippen LogP contribution < -0.4 is 14.8 Å². The largest absolute Gasteiger partial charge is 0.497 e. The number of aliphatic carboxylic acids is 2. The molecule has 0 aliphatic heterocycles. The second-order valence-electron chi connectivity index (χ2n) is 4.98. The number of benzene rings is 2. The average Bonchev–Trinajstić information content (AvgIpc) is 2.66. The molecule has 0 heterocycles. The Morgan fingerprint density at radius 3 is 1.93 bits per heavy atom. The standard InChI is InChI=1S/C16H16BrNO3.C2H2O4/c1-20-14-6-2-12(3-7-14)10-18-16(19)11-21-15-8-4-13(17)5-9-15;3-1(4)2(5)6/h2-9H,10-11H2,1H3,(H,18,19);(H,3,4)(H,5,6). The molecule has 27 heavy (non-hydrogen) atoms. The van der Waals surface area contributed by atoms with Gasteiger partial charge < -0.3 is 25.0 Å². The number of carbonyl (C=O) groups excluding carboxylic acids is 1. The van der Waals surface area contributed by atoms with Gasteiger partial charge in [0.2, 0.25) is 0 Å². The van der Waals surface area contributed by atoms with Crippen LogP contribution in [0.4, 0.5) is 0 Å². The molecule has 0 aliphatic carbocycles. The van der Waals surface area contributed by atoms with E-state index in [1.165, 1.54) is 0 Å². The number of hydrogen-bond acceptors (Lipinski definition) is 5. The van der Waals surface area contributed by atoms with Crippen molar-refractivity contribution < 1.29 is 34.1 Å². The van der Waals surface area contributed by atoms with Crippen molar-refractivity contribution in [1.29, 1.82) is 0 Å². The SMILES string of the molecule is COc1ccc(CNC(=O)COc2ccc(Br)cc2)cc1.O=C(O)C(=O)O. The Bertz CT molecular complexity index is 748. The second kappa shape index (κ2) is 11.5. The molecule has 8 nitrogen and oxygen atoms in total. The Hall–Kier alpha value is -3.07. The van der Waals surface area contributed by atoms with Crippen LogP contribution in [-0.2, 0) is 20.9 Å². The van der Waals surface area contributed by atoms with E-state index in [1.807, 2.05) is 36.4 Å². The molecule has 0 radical (unpaired) electrons. The number of halogens is 1. The summed E-state index contributed by atoms with van der Waals surface area (Å²) in [7, 11) is 1.62. The number of rotatable bonds is 6. The van der Waals surface area contributed by atoms with E-state index in [0.717, 1.165) is 15.8 Å². The van der Waals surface area contributed by atoms with Crippen LogP contribution in [0.2, 0.25) is 0 Å². The minimum atomic E-state index is -1.82. The summed E-state index contributed by atoms with van der Waals surface area (Å²) in [4.78, 5) is 29.9. The Morgan fingerprint density at radius 2 is 1.44 bits per heavy atom. The van der Waals surface area contributed by atoms with Crippen LogP contribution in [0.15, 0.2) is 53.0 Å². The quantitative estimate of drug-likeness (QED) is 0.590. The van der Waals surface area contributed by atoms with Crippen molar-refractivity contribution in [1.82, 2.24) is 5.32 Å². The maximum atomic E-state index is 11.7. The monoisotopic (exact) mass is 439 g/mol. The summed E-state index contributed by atoms with van der Waals surface area (Å²) >= 11 is 3.34. The highest BCUT2D eigenvalue weighted by atomic mass is 79.9. The van der Waals surface area contributed by atoms with Crippen LogP contribution in [0.25, 0.3) is 0 Å². The maximum absolute atomic E-state index is 11.7. The van der Waals surface area contributed by atoms with Gasteiger partial charge in [0.1, 0.15) is 11.5 Å². The molecule has 0 unspecified atom stereocenters. The predicted octanol–water partition coefficient (Wildman–Crippen LogP) is 2.31. The maximum Gasteiger partial charge on any atom is 0.414 e. The van der Waals surface area contributed by atoms with Crippen molar-refractivity contribution in [2.75, 3.05) is 13.7 Å². The van der Waals surface area contributed by atoms with Gasteiger partial charge in [-0.25, -0.2) is 9.59 Å². The van der Waals surface area contributed by atoms with Crippen molar-refractivity contribution in [2.24, 2.45) is 0 Å². The van der Waals surface area contributed by atoms with Crippen molar-refractivity contribution in [3.05, 3.63) is 58.6 Å². The van der Waals surface area contributed by atoms with Gasteiger partial charge >= 0.3 is 11.9 Å². The first kappa shape index (κ1) is 22.0. The van der Waals surface area contributed by atoms with E-state index in [9.17, 15) is 4.79 Å². The fourth-order valence-electron chi connectivity index (χ4n) is 1.67. The number of carbonyl (C=O) groups is 3. The summed E-state index contributed by atoms with van der Waals surface area (Å²) in [6.45, 7) is 0.463. The summed E-state index contributed by atoms with van der Waals surface area (Å²) < 4.78 is 11.4. The number of ether oxygens (including phenoxy) is 2. The highest BCUT2D eigenvalue weighted by Crippen LogP contribution is 2.16. The van der Waals surface area contributed by atoms with Crippen molar-refractivity contribution in [2.45, 2.75) is 6.54 Å². The fourth-order valence-corrected chi connectivity index (χ4v) is 1.94. The molecule has 0 fully saturated rings. The van der Waals surface area contributed by atoms with Gasteiger partial charge in [-0.3, -0.25) is 4.79 Å². The molecule has 0 aliphatic rings. The number of hydrogen-bond donors (Lipinski definition) is 3. The minimum absolute atomic E-state index is 0.00220. The summed E-state index contributed by atoms with van der Waals surface area (Å²) in [6, 6.07) is 14.9. The number of amides is 1. The van der Waals surface area contributed by atoms with Gasteiger partial charge in [-0.1, -0.05) is 28.1 Å². The molecule has 1 amide bonds. The smallest absolute Gasteiger partial charge is 0.414 e. The zero-order chi connectivity index (χ0) is 20.2. The van der Waals surface area contributed by atoms with Gasteiger partial charge in [-0.15, -0.1) is 0 Å². The van der Waals surface area contributed by atoms with Gasteiger partial charge in [-0.2, -0.15) is 0 Å². The number of carboxylic acid groups (broad SMARTS) is 2. The van der Waals surface area contributed by atoms with E-state index >= 15 is 0 Å². The van der Waals surface area contributed by atoms with E-state index < -0.39 is 11.9 Å². The van der Waals surface area contributed by atoms with Crippen molar-refractivity contribution in [3.8, 4) is 11.5 Å². The number of methoxy groups -OCH3 is 1. The van der Waals surface area contributed by atoms with Crippen LogP contribution in [-0.4, -0.2) is 41.8 Å². The normalized spacial score (nSPS) is 9.41. The highest BCUT2D eigenvalue weighted by Gasteiger charge is 2.04. The molecule has 0 saturated heterocycles. The van der Waals surface area contributed by atoms with Crippen LogP contribution >= 0.6 is 15.9 Å². The summed E-state index contributed by atoms with van der Waals surface area (Å²) in [5, 5.41) is 17.6. The first-order valence-electron chi connectivity index (χ1n) is 7.56. The highest BCUT2D eigenvalue weighted by molar-refractivity contribution is 9.10. The predicted molar refractivity (Wildman–Crippen MR) is 99.7 cm³/mol. The third-order valence-electron chi connectivity index (χ3n) is 3.02. The molecule has 0 atom stereocenters. The number of carboxylic acids is 2. The van der Waals surface area contributed by atoms with Crippen LogP contribution in [0.3, 0.4) is 0 Å². The Balaban J connectivity index is 0.000000527. The molecule has 0 bridgehead atoms. The Kier molecular flexibility index (Phi) is 9.38.